The molecular weight excluding hydrogens is 394 g/mol. The Kier molecular flexibility index (Phi) is 4.80. The number of ether oxygens (including phenoxy) is 1. The van der Waals surface area contributed by atoms with Crippen molar-refractivity contribution in [1.82, 2.24) is 9.55 Å². The van der Waals surface area contributed by atoms with Crippen molar-refractivity contribution in [2.24, 2.45) is 0 Å². The van der Waals surface area contributed by atoms with Gasteiger partial charge in [-0.25, -0.2) is 14.2 Å². The number of rotatable bonds is 4. The lowest BCUT2D eigenvalue weighted by molar-refractivity contribution is 0.00578. The molecule has 1 aliphatic rings. The Labute approximate surface area is 172 Å². The lowest BCUT2D eigenvalue weighted by Crippen LogP contribution is -2.41. The minimum atomic E-state index is -0.643. The molecule has 3 aromatic rings. The van der Waals surface area contributed by atoms with Gasteiger partial charge in [-0.1, -0.05) is 0 Å². The second-order valence-corrected chi connectivity index (χ2v) is 8.78. The molecule has 1 saturated heterocycles. The number of hydrogen-bond acceptors (Lipinski definition) is 6. The van der Waals surface area contributed by atoms with Crippen LogP contribution >= 0.6 is 11.3 Å². The first kappa shape index (κ1) is 20.1. The molecule has 6 nitrogen and oxygen atoms in total. The molecule has 9 heteroatoms. The van der Waals surface area contributed by atoms with E-state index in [1.807, 2.05) is 38.5 Å². The van der Waals surface area contributed by atoms with Gasteiger partial charge >= 0.3 is 13.1 Å². The van der Waals surface area contributed by atoms with E-state index in [4.69, 9.17) is 14.0 Å². The lowest BCUT2D eigenvalue weighted by atomic mass is 9.79. The van der Waals surface area contributed by atoms with Crippen LogP contribution in [0.15, 0.2) is 29.8 Å². The van der Waals surface area contributed by atoms with Crippen molar-refractivity contribution in [3.8, 4) is 5.13 Å². The fourth-order valence-corrected chi connectivity index (χ4v) is 4.00. The van der Waals surface area contributed by atoms with Crippen LogP contribution in [0.2, 0.25) is 0 Å². The van der Waals surface area contributed by atoms with Crippen molar-refractivity contribution in [3.63, 3.8) is 0 Å². The van der Waals surface area contributed by atoms with E-state index in [1.165, 1.54) is 23.5 Å². The molecule has 29 heavy (non-hydrogen) atoms. The monoisotopic (exact) mass is 416 g/mol. The van der Waals surface area contributed by atoms with E-state index in [2.05, 4.69) is 4.98 Å². The molecule has 0 unspecified atom stereocenters. The van der Waals surface area contributed by atoms with Crippen molar-refractivity contribution >= 4 is 40.8 Å². The van der Waals surface area contributed by atoms with Gasteiger partial charge in [-0.05, 0) is 52.8 Å². The van der Waals surface area contributed by atoms with Crippen LogP contribution in [0.25, 0.3) is 16.0 Å². The highest BCUT2D eigenvalue weighted by molar-refractivity contribution is 7.12. The first-order valence-corrected chi connectivity index (χ1v) is 10.3. The quantitative estimate of drug-likeness (QED) is 0.480. The van der Waals surface area contributed by atoms with Gasteiger partial charge in [0.05, 0.1) is 23.3 Å². The molecule has 0 saturated carbocycles. The number of thiazole rings is 1. The molecule has 0 radical (unpaired) electrons. The first-order valence-electron chi connectivity index (χ1n) is 9.42. The van der Waals surface area contributed by atoms with E-state index in [-0.39, 0.29) is 18.1 Å². The van der Waals surface area contributed by atoms with Crippen LogP contribution in [0.4, 0.5) is 4.39 Å². The smallest absolute Gasteiger partial charge is 0.461 e. The van der Waals surface area contributed by atoms with Crippen LogP contribution in [0.5, 0.6) is 0 Å². The summed E-state index contributed by atoms with van der Waals surface area (Å²) in [7, 11) is -0.643. The molecule has 1 aliphatic heterocycles. The molecule has 0 bridgehead atoms. The van der Waals surface area contributed by atoms with E-state index in [1.54, 1.807) is 18.4 Å². The van der Waals surface area contributed by atoms with Crippen LogP contribution in [-0.2, 0) is 14.0 Å². The van der Waals surface area contributed by atoms with Gasteiger partial charge < -0.3 is 14.0 Å². The average Bonchev–Trinajstić information content (AvgIpc) is 3.29. The molecular formula is C20H22BFN2O4S. The van der Waals surface area contributed by atoms with Crippen molar-refractivity contribution in [3.05, 3.63) is 41.3 Å². The maximum atomic E-state index is 14.0. The largest absolute Gasteiger partial charge is 0.497 e. The molecule has 0 N–H and O–H groups in total. The molecule has 152 valence electrons. The van der Waals surface area contributed by atoms with Gasteiger partial charge in [-0.2, -0.15) is 0 Å². The number of carbonyl (C=O) groups is 1. The third kappa shape index (κ3) is 3.37. The topological polar surface area (TPSA) is 62.6 Å². The Morgan fingerprint density at radius 2 is 1.97 bits per heavy atom. The molecule has 0 aliphatic carbocycles. The van der Waals surface area contributed by atoms with Gasteiger partial charge in [-0.15, -0.1) is 11.3 Å². The second kappa shape index (κ2) is 6.93. The number of nitrogens with zero attached hydrogens (tertiary/aromatic N) is 2. The summed E-state index contributed by atoms with van der Waals surface area (Å²) in [6.07, 6.45) is 1.83. The number of benzene rings is 1. The Hall–Kier alpha value is -2.23. The van der Waals surface area contributed by atoms with E-state index in [0.717, 1.165) is 5.52 Å². The summed E-state index contributed by atoms with van der Waals surface area (Å²) in [5.74, 6) is -0.817. The second-order valence-electron chi connectivity index (χ2n) is 7.94. The molecule has 1 aromatic carbocycles. The summed E-state index contributed by atoms with van der Waals surface area (Å²) < 4.78 is 33.2. The summed E-state index contributed by atoms with van der Waals surface area (Å²) in [4.78, 5) is 16.4. The summed E-state index contributed by atoms with van der Waals surface area (Å²) in [6, 6.07) is 4.55. The van der Waals surface area contributed by atoms with E-state index >= 15 is 0 Å². The van der Waals surface area contributed by atoms with Crippen LogP contribution in [0, 0.1) is 5.82 Å². The maximum Gasteiger partial charge on any atom is 0.497 e. The highest BCUT2D eigenvalue weighted by atomic mass is 32.1. The highest BCUT2D eigenvalue weighted by Crippen LogP contribution is 2.37. The molecule has 2 aromatic heterocycles. The molecule has 0 amide bonds. The van der Waals surface area contributed by atoms with Crippen molar-refractivity contribution in [1.29, 1.82) is 0 Å². The Morgan fingerprint density at radius 3 is 2.62 bits per heavy atom. The molecule has 4 rings (SSSR count). The minimum absolute atomic E-state index is 0.244. The number of esters is 1. The maximum absolute atomic E-state index is 14.0. The summed E-state index contributed by atoms with van der Waals surface area (Å²) in [5, 5.41) is 2.90. The van der Waals surface area contributed by atoms with Gasteiger partial charge in [0, 0.05) is 22.4 Å². The Morgan fingerprint density at radius 1 is 1.28 bits per heavy atom. The van der Waals surface area contributed by atoms with E-state index in [9.17, 15) is 9.18 Å². The first-order chi connectivity index (χ1) is 13.6. The average molecular weight is 416 g/mol. The predicted octanol–water partition coefficient (Wildman–Crippen LogP) is 3.70. The van der Waals surface area contributed by atoms with E-state index in [0.29, 0.717) is 16.0 Å². The van der Waals surface area contributed by atoms with Crippen LogP contribution < -0.4 is 5.46 Å². The number of halogens is 1. The van der Waals surface area contributed by atoms with Crippen LogP contribution in [0.1, 0.15) is 45.1 Å². The Balaban J connectivity index is 1.81. The van der Waals surface area contributed by atoms with Gasteiger partial charge in [-0.3, -0.25) is 4.57 Å². The van der Waals surface area contributed by atoms with Gasteiger partial charge in [0.25, 0.3) is 0 Å². The molecule has 1 fully saturated rings. The summed E-state index contributed by atoms with van der Waals surface area (Å²) >= 11 is 1.31. The zero-order valence-corrected chi connectivity index (χ0v) is 17.8. The number of aromatic nitrogens is 2. The molecule has 0 atom stereocenters. The Bertz CT molecular complexity index is 1080. The summed E-state index contributed by atoms with van der Waals surface area (Å²) in [5.41, 5.74) is 0.676. The highest BCUT2D eigenvalue weighted by Gasteiger charge is 2.52. The molecule has 0 spiro atoms. The van der Waals surface area contributed by atoms with Crippen molar-refractivity contribution < 1.29 is 23.2 Å². The third-order valence-corrected chi connectivity index (χ3v) is 6.33. The van der Waals surface area contributed by atoms with Gasteiger partial charge in [0.15, 0.2) is 10.8 Å². The number of carbonyl (C=O) groups excluding carboxylic acids is 1. The minimum Gasteiger partial charge on any atom is -0.461 e. The van der Waals surface area contributed by atoms with Crippen molar-refractivity contribution in [2.45, 2.75) is 45.8 Å². The predicted molar refractivity (Wildman–Crippen MR) is 111 cm³/mol. The lowest BCUT2D eigenvalue weighted by Gasteiger charge is -2.32. The standard InChI is InChI=1S/C20H22BFN2O4S/c1-6-26-17(25)15-11-29-18(23-15)24-10-14(13-9-12(22)7-8-16(13)24)21-27-19(2,3)20(4,5)28-21/h7-11H,6H2,1-5H3. The van der Waals surface area contributed by atoms with Crippen LogP contribution in [0.3, 0.4) is 0 Å². The van der Waals surface area contributed by atoms with E-state index < -0.39 is 24.3 Å². The molecule has 3 heterocycles. The SMILES string of the molecule is CCOC(=O)c1csc(-n2cc(B3OC(C)(C)C(C)(C)O3)c3cc(F)ccc32)n1. The normalized spacial score (nSPS) is 17.8. The fraction of sp³-hybridized carbons (Fsp3) is 0.400. The zero-order valence-electron chi connectivity index (χ0n) is 17.0. The summed E-state index contributed by atoms with van der Waals surface area (Å²) in [6.45, 7) is 9.91. The van der Waals surface area contributed by atoms with Gasteiger partial charge in [0.1, 0.15) is 5.82 Å². The third-order valence-electron chi connectivity index (χ3n) is 5.49. The number of fused-ring (bicyclic) bond motifs is 1. The van der Waals surface area contributed by atoms with Crippen molar-refractivity contribution in [2.75, 3.05) is 6.61 Å². The van der Waals surface area contributed by atoms with Gasteiger partial charge in [0.2, 0.25) is 0 Å². The fourth-order valence-electron chi connectivity index (χ4n) is 3.22. The van der Waals surface area contributed by atoms with Crippen LogP contribution in [-0.4, -0.2) is 40.4 Å². The number of hydrogen-bond donors (Lipinski definition) is 0. The zero-order chi connectivity index (χ0) is 21.0.